The smallest absolute Gasteiger partial charge is 0.387 e. The van der Waals surface area contributed by atoms with Crippen molar-refractivity contribution in [2.24, 2.45) is 0 Å². The van der Waals surface area contributed by atoms with Crippen molar-refractivity contribution < 1.29 is 13.5 Å². The van der Waals surface area contributed by atoms with E-state index in [1.54, 1.807) is 12.1 Å². The maximum Gasteiger partial charge on any atom is 0.387 e. The molecular weight excluding hydrogens is 260 g/mol. The molecule has 0 saturated carbocycles. The van der Waals surface area contributed by atoms with Gasteiger partial charge in [-0.15, -0.1) is 0 Å². The van der Waals surface area contributed by atoms with E-state index in [-0.39, 0.29) is 5.75 Å². The van der Waals surface area contributed by atoms with E-state index >= 15 is 0 Å². The molecular formula is C16H25F2NO. The van der Waals surface area contributed by atoms with E-state index in [1.807, 2.05) is 12.1 Å². The van der Waals surface area contributed by atoms with Gasteiger partial charge in [-0.25, -0.2) is 0 Å². The fourth-order valence-electron chi connectivity index (χ4n) is 2.23. The minimum atomic E-state index is -2.76. The van der Waals surface area contributed by atoms with Gasteiger partial charge in [0.05, 0.1) is 0 Å². The first-order valence-corrected chi connectivity index (χ1v) is 7.34. The van der Waals surface area contributed by atoms with Crippen molar-refractivity contribution in [3.8, 4) is 5.75 Å². The monoisotopic (exact) mass is 285 g/mol. The lowest BCUT2D eigenvalue weighted by molar-refractivity contribution is -0.0498. The van der Waals surface area contributed by atoms with Crippen LogP contribution in [0.4, 0.5) is 8.78 Å². The maximum atomic E-state index is 12.0. The number of alkyl halides is 2. The summed E-state index contributed by atoms with van der Waals surface area (Å²) in [7, 11) is 0. The lowest BCUT2D eigenvalue weighted by atomic mass is 10.0. The Morgan fingerprint density at radius 1 is 1.10 bits per heavy atom. The molecule has 0 aliphatic rings. The van der Waals surface area contributed by atoms with Crippen molar-refractivity contribution in [3.05, 3.63) is 29.8 Å². The average molecular weight is 285 g/mol. The lowest BCUT2D eigenvalue weighted by Crippen LogP contribution is -2.35. The zero-order valence-electron chi connectivity index (χ0n) is 12.5. The van der Waals surface area contributed by atoms with E-state index in [1.165, 1.54) is 0 Å². The van der Waals surface area contributed by atoms with Gasteiger partial charge in [-0.05, 0) is 50.3 Å². The minimum Gasteiger partial charge on any atom is -0.435 e. The number of hydrogen-bond acceptors (Lipinski definition) is 2. The van der Waals surface area contributed by atoms with Gasteiger partial charge < -0.3 is 10.1 Å². The summed E-state index contributed by atoms with van der Waals surface area (Å²) in [6.07, 6.45) is 4.25. The Balaban J connectivity index is 2.37. The fraction of sp³-hybridized carbons (Fsp3) is 0.625. The average Bonchev–Trinajstić information content (AvgIpc) is 2.43. The van der Waals surface area contributed by atoms with E-state index in [0.29, 0.717) is 12.1 Å². The summed E-state index contributed by atoms with van der Waals surface area (Å²) in [5, 5.41) is 3.60. The molecule has 0 saturated heterocycles. The van der Waals surface area contributed by atoms with Crippen molar-refractivity contribution >= 4 is 0 Å². The van der Waals surface area contributed by atoms with E-state index in [9.17, 15) is 8.78 Å². The summed E-state index contributed by atoms with van der Waals surface area (Å²) >= 11 is 0. The molecule has 0 bridgehead atoms. The molecule has 0 fully saturated rings. The molecule has 0 aromatic heterocycles. The first-order chi connectivity index (χ1) is 9.55. The van der Waals surface area contributed by atoms with E-state index in [2.05, 4.69) is 30.8 Å². The summed E-state index contributed by atoms with van der Waals surface area (Å²) in [6.45, 7) is 3.81. The third kappa shape index (κ3) is 6.33. The zero-order valence-corrected chi connectivity index (χ0v) is 12.5. The number of rotatable bonds is 9. The predicted molar refractivity (Wildman–Crippen MR) is 78.4 cm³/mol. The van der Waals surface area contributed by atoms with Crippen LogP contribution in [0.15, 0.2) is 24.3 Å². The molecule has 1 aromatic carbocycles. The second kappa shape index (κ2) is 8.90. The Morgan fingerprint density at radius 2 is 1.70 bits per heavy atom. The molecule has 4 heteroatoms. The highest BCUT2D eigenvalue weighted by atomic mass is 19.3. The highest BCUT2D eigenvalue weighted by molar-refractivity contribution is 5.27. The molecule has 0 radical (unpaired) electrons. The summed E-state index contributed by atoms with van der Waals surface area (Å²) in [4.78, 5) is 0. The third-order valence-electron chi connectivity index (χ3n) is 3.52. The molecule has 0 amide bonds. The Bertz CT molecular complexity index is 363. The Hall–Kier alpha value is -1.16. The quantitative estimate of drug-likeness (QED) is 0.726. The van der Waals surface area contributed by atoms with Crippen molar-refractivity contribution in [1.29, 1.82) is 0 Å². The van der Waals surface area contributed by atoms with Gasteiger partial charge in [0.2, 0.25) is 0 Å². The standard InChI is InChI=1S/C16H25F2NO/c1-4-14(5-2)19-12(3)6-7-13-8-10-15(11-9-13)20-16(17)18/h8-12,14,16,19H,4-7H2,1-3H3. The topological polar surface area (TPSA) is 21.3 Å². The molecule has 0 aliphatic carbocycles. The molecule has 1 rings (SSSR count). The van der Waals surface area contributed by atoms with Crippen LogP contribution in [0.3, 0.4) is 0 Å². The molecule has 2 nitrogen and oxygen atoms in total. The first-order valence-electron chi connectivity index (χ1n) is 7.34. The number of benzene rings is 1. The Kier molecular flexibility index (Phi) is 7.52. The van der Waals surface area contributed by atoms with E-state index in [4.69, 9.17) is 0 Å². The Morgan fingerprint density at radius 3 is 2.20 bits per heavy atom. The number of halogens is 2. The lowest BCUT2D eigenvalue weighted by Gasteiger charge is -2.21. The highest BCUT2D eigenvalue weighted by Gasteiger charge is 2.09. The van der Waals surface area contributed by atoms with Gasteiger partial charge in [0.1, 0.15) is 5.75 Å². The zero-order chi connectivity index (χ0) is 15.0. The van der Waals surface area contributed by atoms with Gasteiger partial charge >= 0.3 is 6.61 Å². The van der Waals surface area contributed by atoms with Gasteiger partial charge in [-0.2, -0.15) is 8.78 Å². The molecule has 1 N–H and O–H groups in total. The van der Waals surface area contributed by atoms with Crippen LogP contribution in [-0.4, -0.2) is 18.7 Å². The van der Waals surface area contributed by atoms with Crippen molar-refractivity contribution in [1.82, 2.24) is 5.32 Å². The van der Waals surface area contributed by atoms with Crippen molar-refractivity contribution in [3.63, 3.8) is 0 Å². The highest BCUT2D eigenvalue weighted by Crippen LogP contribution is 2.16. The summed E-state index contributed by atoms with van der Waals surface area (Å²) in [5.41, 5.74) is 1.14. The molecule has 0 spiro atoms. The van der Waals surface area contributed by atoms with Gasteiger partial charge in [-0.1, -0.05) is 26.0 Å². The van der Waals surface area contributed by atoms with Crippen LogP contribution in [0.1, 0.15) is 45.6 Å². The molecule has 1 atom stereocenters. The summed E-state index contributed by atoms with van der Waals surface area (Å²) in [5.74, 6) is 0.215. The Labute approximate surface area is 120 Å². The van der Waals surface area contributed by atoms with Crippen LogP contribution in [0.25, 0.3) is 0 Å². The minimum absolute atomic E-state index is 0.215. The van der Waals surface area contributed by atoms with Crippen LogP contribution in [0.5, 0.6) is 5.75 Å². The van der Waals surface area contributed by atoms with E-state index in [0.717, 1.165) is 31.2 Å². The van der Waals surface area contributed by atoms with Crippen molar-refractivity contribution in [2.45, 2.75) is 65.1 Å². The molecule has 0 heterocycles. The second-order valence-corrected chi connectivity index (χ2v) is 5.14. The fourth-order valence-corrected chi connectivity index (χ4v) is 2.23. The maximum absolute atomic E-state index is 12.0. The number of ether oxygens (including phenoxy) is 1. The normalized spacial score (nSPS) is 12.9. The van der Waals surface area contributed by atoms with Crippen molar-refractivity contribution in [2.75, 3.05) is 0 Å². The number of hydrogen-bond donors (Lipinski definition) is 1. The van der Waals surface area contributed by atoms with Crippen LogP contribution in [0.2, 0.25) is 0 Å². The van der Waals surface area contributed by atoms with Crippen LogP contribution in [-0.2, 0) is 6.42 Å². The largest absolute Gasteiger partial charge is 0.435 e. The molecule has 1 aromatic rings. The predicted octanol–water partition coefficient (Wildman–Crippen LogP) is 4.39. The summed E-state index contributed by atoms with van der Waals surface area (Å²) < 4.78 is 28.4. The molecule has 114 valence electrons. The summed E-state index contributed by atoms with van der Waals surface area (Å²) in [6, 6.07) is 7.92. The van der Waals surface area contributed by atoms with E-state index < -0.39 is 6.61 Å². The molecule has 20 heavy (non-hydrogen) atoms. The van der Waals surface area contributed by atoms with Gasteiger partial charge in [0.15, 0.2) is 0 Å². The molecule has 1 unspecified atom stereocenters. The van der Waals surface area contributed by atoms with Crippen LogP contribution >= 0.6 is 0 Å². The molecule has 0 aliphatic heterocycles. The van der Waals surface area contributed by atoms with Gasteiger partial charge in [0, 0.05) is 12.1 Å². The van der Waals surface area contributed by atoms with Gasteiger partial charge in [-0.3, -0.25) is 0 Å². The third-order valence-corrected chi connectivity index (χ3v) is 3.52. The SMILES string of the molecule is CCC(CC)NC(C)CCc1ccc(OC(F)F)cc1. The second-order valence-electron chi connectivity index (χ2n) is 5.14. The van der Waals surface area contributed by atoms with Crippen LogP contribution < -0.4 is 10.1 Å². The number of aryl methyl sites for hydroxylation is 1. The van der Waals surface area contributed by atoms with Gasteiger partial charge in [0.25, 0.3) is 0 Å². The van der Waals surface area contributed by atoms with Crippen LogP contribution in [0, 0.1) is 0 Å². The number of nitrogens with one attached hydrogen (secondary N) is 1. The first kappa shape index (κ1) is 16.9.